The summed E-state index contributed by atoms with van der Waals surface area (Å²) in [5.41, 5.74) is 0.288. The lowest BCUT2D eigenvalue weighted by atomic mass is 10.00. The maximum absolute atomic E-state index is 12.8. The maximum Gasteiger partial charge on any atom is 0.152 e. The summed E-state index contributed by atoms with van der Waals surface area (Å²) in [7, 11) is -2.93. The Balaban J connectivity index is 2.08. The van der Waals surface area contributed by atoms with Gasteiger partial charge in [0.05, 0.1) is 23.4 Å². The van der Waals surface area contributed by atoms with E-state index >= 15 is 0 Å². The number of rotatable bonds is 3. The summed E-state index contributed by atoms with van der Waals surface area (Å²) in [4.78, 5) is 4.00. The zero-order chi connectivity index (χ0) is 13.4. The predicted molar refractivity (Wildman–Crippen MR) is 67.4 cm³/mol. The molecule has 1 aromatic heterocycles. The van der Waals surface area contributed by atoms with Crippen molar-refractivity contribution in [1.82, 2.24) is 10.3 Å². The fourth-order valence-corrected chi connectivity index (χ4v) is 4.47. The number of hydrogen-bond donors (Lipinski definition) is 1. The average molecular weight is 272 g/mol. The highest BCUT2D eigenvalue weighted by Gasteiger charge is 2.39. The van der Waals surface area contributed by atoms with E-state index in [9.17, 15) is 12.8 Å². The standard InChI is InChI=1S/C12H17FN2O2S/c1-9(11-4-3-10(13)7-14-11)15-12(2)5-6-18(16,17)8-12/h3-4,7,9,15H,5-6,8H2,1-2H3. The molecule has 18 heavy (non-hydrogen) atoms. The van der Waals surface area contributed by atoms with Gasteiger partial charge in [0.15, 0.2) is 9.84 Å². The monoisotopic (exact) mass is 272 g/mol. The van der Waals surface area contributed by atoms with E-state index in [0.29, 0.717) is 12.1 Å². The molecule has 1 N–H and O–H groups in total. The van der Waals surface area contributed by atoms with E-state index in [1.807, 2.05) is 13.8 Å². The normalized spacial score (nSPS) is 28.2. The molecule has 2 heterocycles. The Hall–Kier alpha value is -1.01. The van der Waals surface area contributed by atoms with Gasteiger partial charge in [0.2, 0.25) is 0 Å². The molecule has 1 fully saturated rings. The van der Waals surface area contributed by atoms with Gasteiger partial charge in [-0.05, 0) is 32.4 Å². The summed E-state index contributed by atoms with van der Waals surface area (Å²) in [6, 6.07) is 2.86. The zero-order valence-electron chi connectivity index (χ0n) is 10.5. The van der Waals surface area contributed by atoms with E-state index in [0.717, 1.165) is 0 Å². The molecule has 1 saturated heterocycles. The maximum atomic E-state index is 12.8. The van der Waals surface area contributed by atoms with Crippen molar-refractivity contribution < 1.29 is 12.8 Å². The number of halogens is 1. The van der Waals surface area contributed by atoms with Crippen molar-refractivity contribution >= 4 is 9.84 Å². The van der Waals surface area contributed by atoms with Crippen LogP contribution in [0.3, 0.4) is 0 Å². The van der Waals surface area contributed by atoms with E-state index in [1.54, 1.807) is 6.07 Å². The molecular weight excluding hydrogens is 255 g/mol. The molecule has 6 heteroatoms. The molecule has 0 saturated carbocycles. The Bertz CT molecular complexity index is 530. The minimum atomic E-state index is -2.93. The highest BCUT2D eigenvalue weighted by atomic mass is 32.2. The third-order valence-corrected chi connectivity index (χ3v) is 5.17. The first-order valence-electron chi connectivity index (χ1n) is 5.89. The summed E-state index contributed by atoms with van der Waals surface area (Å²) in [5.74, 6) is -0.00777. The van der Waals surface area contributed by atoms with Gasteiger partial charge in [-0.3, -0.25) is 4.98 Å². The molecule has 4 nitrogen and oxygen atoms in total. The predicted octanol–water partition coefficient (Wildman–Crippen LogP) is 1.45. The van der Waals surface area contributed by atoms with Gasteiger partial charge in [0.25, 0.3) is 0 Å². The Morgan fingerprint density at radius 2 is 2.22 bits per heavy atom. The quantitative estimate of drug-likeness (QED) is 0.904. The van der Waals surface area contributed by atoms with E-state index in [4.69, 9.17) is 0 Å². The average Bonchev–Trinajstić information content (AvgIpc) is 2.53. The largest absolute Gasteiger partial charge is 0.302 e. The number of nitrogens with one attached hydrogen (secondary N) is 1. The van der Waals surface area contributed by atoms with Crippen LogP contribution in [0.5, 0.6) is 0 Å². The first-order chi connectivity index (χ1) is 8.30. The fourth-order valence-electron chi connectivity index (χ4n) is 2.36. The van der Waals surface area contributed by atoms with Gasteiger partial charge in [-0.15, -0.1) is 0 Å². The summed E-state index contributed by atoms with van der Waals surface area (Å²) < 4.78 is 35.8. The molecule has 0 aliphatic carbocycles. The van der Waals surface area contributed by atoms with Crippen molar-refractivity contribution in [2.45, 2.75) is 31.8 Å². The van der Waals surface area contributed by atoms with Crippen molar-refractivity contribution in [2.24, 2.45) is 0 Å². The van der Waals surface area contributed by atoms with Crippen molar-refractivity contribution in [3.05, 3.63) is 29.8 Å². The van der Waals surface area contributed by atoms with Crippen molar-refractivity contribution in [2.75, 3.05) is 11.5 Å². The van der Waals surface area contributed by atoms with Crippen LogP contribution in [0.1, 0.15) is 32.0 Å². The molecule has 2 rings (SSSR count). The van der Waals surface area contributed by atoms with E-state index in [2.05, 4.69) is 10.3 Å². The van der Waals surface area contributed by atoms with Gasteiger partial charge in [0, 0.05) is 11.6 Å². The van der Waals surface area contributed by atoms with Crippen LogP contribution < -0.4 is 5.32 Å². The first-order valence-corrected chi connectivity index (χ1v) is 7.71. The second-order valence-corrected chi connectivity index (χ2v) is 7.35. The summed E-state index contributed by atoms with van der Waals surface area (Å²) in [6.07, 6.45) is 1.77. The van der Waals surface area contributed by atoms with Crippen LogP contribution in [0.15, 0.2) is 18.3 Å². The molecule has 100 valence electrons. The van der Waals surface area contributed by atoms with Gasteiger partial charge in [-0.25, -0.2) is 12.8 Å². The van der Waals surface area contributed by atoms with Crippen LogP contribution >= 0.6 is 0 Å². The van der Waals surface area contributed by atoms with E-state index in [-0.39, 0.29) is 23.4 Å². The summed E-state index contributed by atoms with van der Waals surface area (Å²) in [5, 5.41) is 3.28. The molecule has 1 aliphatic rings. The molecule has 1 aliphatic heterocycles. The summed E-state index contributed by atoms with van der Waals surface area (Å²) >= 11 is 0. The number of pyridine rings is 1. The zero-order valence-corrected chi connectivity index (χ0v) is 11.3. The summed E-state index contributed by atoms with van der Waals surface area (Å²) in [6.45, 7) is 3.80. The second-order valence-electron chi connectivity index (χ2n) is 5.17. The fraction of sp³-hybridized carbons (Fsp3) is 0.583. The molecule has 2 atom stereocenters. The first kappa shape index (κ1) is 13.4. The molecule has 0 amide bonds. The number of sulfone groups is 1. The Kier molecular flexibility index (Phi) is 3.42. The third-order valence-electron chi connectivity index (χ3n) is 3.26. The Labute approximate surface area is 107 Å². The molecule has 0 aromatic carbocycles. The Morgan fingerprint density at radius 3 is 2.72 bits per heavy atom. The lowest BCUT2D eigenvalue weighted by Crippen LogP contribution is -2.44. The number of nitrogens with zero attached hydrogens (tertiary/aromatic N) is 1. The van der Waals surface area contributed by atoms with Crippen LogP contribution in [-0.4, -0.2) is 30.4 Å². The Morgan fingerprint density at radius 1 is 1.50 bits per heavy atom. The lowest BCUT2D eigenvalue weighted by molar-refractivity contribution is 0.351. The highest BCUT2D eigenvalue weighted by Crippen LogP contribution is 2.26. The molecule has 2 unspecified atom stereocenters. The SMILES string of the molecule is CC(NC1(C)CCS(=O)(=O)C1)c1ccc(F)cn1. The van der Waals surface area contributed by atoms with Crippen LogP contribution in [0.25, 0.3) is 0 Å². The molecule has 0 spiro atoms. The van der Waals surface area contributed by atoms with Crippen LogP contribution in [-0.2, 0) is 9.84 Å². The van der Waals surface area contributed by atoms with Crippen LogP contribution in [0, 0.1) is 5.82 Å². The molecule has 1 aromatic rings. The number of hydrogen-bond acceptors (Lipinski definition) is 4. The third kappa shape index (κ3) is 3.05. The van der Waals surface area contributed by atoms with Crippen LogP contribution in [0.2, 0.25) is 0 Å². The van der Waals surface area contributed by atoms with Crippen LogP contribution in [0.4, 0.5) is 4.39 Å². The minimum Gasteiger partial charge on any atom is -0.302 e. The second kappa shape index (κ2) is 4.59. The van der Waals surface area contributed by atoms with Crippen molar-refractivity contribution in [3.8, 4) is 0 Å². The van der Waals surface area contributed by atoms with E-state index < -0.39 is 15.4 Å². The van der Waals surface area contributed by atoms with Gasteiger partial charge >= 0.3 is 0 Å². The molecule has 0 radical (unpaired) electrons. The number of aromatic nitrogens is 1. The molecular formula is C12H17FN2O2S. The van der Waals surface area contributed by atoms with Crippen molar-refractivity contribution in [3.63, 3.8) is 0 Å². The smallest absolute Gasteiger partial charge is 0.152 e. The topological polar surface area (TPSA) is 59.1 Å². The van der Waals surface area contributed by atoms with Gasteiger partial charge in [-0.2, -0.15) is 0 Å². The van der Waals surface area contributed by atoms with E-state index in [1.165, 1.54) is 12.3 Å². The van der Waals surface area contributed by atoms with Crippen molar-refractivity contribution in [1.29, 1.82) is 0 Å². The molecule has 0 bridgehead atoms. The minimum absolute atomic E-state index is 0.108. The van der Waals surface area contributed by atoms with Gasteiger partial charge in [0.1, 0.15) is 5.82 Å². The lowest BCUT2D eigenvalue weighted by Gasteiger charge is -2.28. The highest BCUT2D eigenvalue weighted by molar-refractivity contribution is 7.91. The van der Waals surface area contributed by atoms with Gasteiger partial charge < -0.3 is 5.32 Å². The van der Waals surface area contributed by atoms with Gasteiger partial charge in [-0.1, -0.05) is 0 Å².